The van der Waals surface area contributed by atoms with Gasteiger partial charge in [0.05, 0.1) is 0 Å². The predicted molar refractivity (Wildman–Crippen MR) is 112 cm³/mol. The first kappa shape index (κ1) is 19.7. The molecule has 2 aromatic rings. The highest BCUT2D eigenvalue weighted by atomic mass is 32.2. The van der Waals surface area contributed by atoms with E-state index in [9.17, 15) is 4.79 Å². The van der Waals surface area contributed by atoms with Gasteiger partial charge in [-0.3, -0.25) is 4.79 Å². The summed E-state index contributed by atoms with van der Waals surface area (Å²) in [5.74, 6) is 0.105. The van der Waals surface area contributed by atoms with Crippen molar-refractivity contribution in [2.45, 2.75) is 43.4 Å². The number of hydrogen-bond donors (Lipinski definition) is 1. The van der Waals surface area contributed by atoms with Crippen molar-refractivity contribution in [1.29, 1.82) is 0 Å². The first-order valence-corrected chi connectivity index (χ1v) is 10.3. The molecule has 2 rings (SSSR count). The Kier molecular flexibility index (Phi) is 8.16. The Morgan fingerprint density at radius 3 is 2.44 bits per heavy atom. The minimum absolute atomic E-state index is 0.105. The van der Waals surface area contributed by atoms with Gasteiger partial charge >= 0.3 is 0 Å². The van der Waals surface area contributed by atoms with Crippen molar-refractivity contribution in [1.82, 2.24) is 5.32 Å². The summed E-state index contributed by atoms with van der Waals surface area (Å²) in [5.41, 5.74) is 1.28. The molecule has 132 valence electrons. The molecule has 2 nitrogen and oxygen atoms in total. The van der Waals surface area contributed by atoms with Crippen LogP contribution in [-0.4, -0.2) is 12.5 Å². The van der Waals surface area contributed by atoms with Crippen molar-refractivity contribution in [3.8, 4) is 0 Å². The molecule has 0 spiro atoms. The zero-order valence-electron chi connectivity index (χ0n) is 15.0. The van der Waals surface area contributed by atoms with Crippen molar-refractivity contribution < 1.29 is 4.79 Å². The first-order chi connectivity index (χ1) is 12.2. The second-order valence-corrected chi connectivity index (χ2v) is 7.55. The van der Waals surface area contributed by atoms with E-state index in [0.717, 1.165) is 6.42 Å². The SMILES string of the molecule is CC=CSc1cc(CCNC(=O)CC)c2cc(SC=CC)ccc2c1. The molecular formula is C21H25NOS2. The smallest absolute Gasteiger partial charge is 0.219 e. The molecule has 0 saturated heterocycles. The molecule has 0 fully saturated rings. The molecule has 0 bridgehead atoms. The van der Waals surface area contributed by atoms with Gasteiger partial charge in [-0.25, -0.2) is 0 Å². The van der Waals surface area contributed by atoms with Gasteiger partial charge in [-0.05, 0) is 71.7 Å². The van der Waals surface area contributed by atoms with Gasteiger partial charge in [-0.1, -0.05) is 48.7 Å². The molecule has 0 saturated carbocycles. The fraction of sp³-hybridized carbons (Fsp3) is 0.286. The van der Waals surface area contributed by atoms with Crippen LogP contribution in [0.5, 0.6) is 0 Å². The highest BCUT2D eigenvalue weighted by Gasteiger charge is 2.07. The maximum Gasteiger partial charge on any atom is 0.219 e. The molecule has 0 unspecified atom stereocenters. The molecule has 1 N–H and O–H groups in total. The van der Waals surface area contributed by atoms with Crippen LogP contribution in [0.4, 0.5) is 0 Å². The maximum atomic E-state index is 11.5. The number of thioether (sulfide) groups is 2. The standard InChI is InChI=1S/C21H25NOS2/c1-4-11-24-18-8-7-16-13-19(25-12-5-2)14-17(20(16)15-18)9-10-22-21(23)6-3/h4-5,7-8,11-15H,6,9-10H2,1-3H3,(H,22,23). The number of carbonyl (C=O) groups excluding carboxylic acids is 1. The van der Waals surface area contributed by atoms with Crippen LogP contribution in [0.15, 0.2) is 63.1 Å². The quantitative estimate of drug-likeness (QED) is 0.563. The van der Waals surface area contributed by atoms with Gasteiger partial charge in [0.15, 0.2) is 0 Å². The Morgan fingerprint density at radius 2 is 1.76 bits per heavy atom. The normalized spacial score (nSPS) is 11.6. The number of benzene rings is 2. The summed E-state index contributed by atoms with van der Waals surface area (Å²) in [6.45, 7) is 6.61. The molecule has 0 aliphatic heterocycles. The largest absolute Gasteiger partial charge is 0.356 e. The second-order valence-electron chi connectivity index (χ2n) is 5.59. The van der Waals surface area contributed by atoms with E-state index in [-0.39, 0.29) is 5.91 Å². The van der Waals surface area contributed by atoms with Gasteiger partial charge in [0.1, 0.15) is 0 Å². The van der Waals surface area contributed by atoms with Crippen LogP contribution in [0.3, 0.4) is 0 Å². The highest BCUT2D eigenvalue weighted by Crippen LogP contribution is 2.31. The maximum absolute atomic E-state index is 11.5. The van der Waals surface area contributed by atoms with Crippen molar-refractivity contribution in [2.75, 3.05) is 6.54 Å². The Hall–Kier alpha value is -1.65. The molecule has 4 heteroatoms. The zero-order chi connectivity index (χ0) is 18.1. The number of nitrogens with one attached hydrogen (secondary N) is 1. The van der Waals surface area contributed by atoms with E-state index in [0.29, 0.717) is 13.0 Å². The number of allylic oxidation sites excluding steroid dienone is 2. The first-order valence-electron chi connectivity index (χ1n) is 8.57. The van der Waals surface area contributed by atoms with Gasteiger partial charge < -0.3 is 5.32 Å². The van der Waals surface area contributed by atoms with E-state index in [4.69, 9.17) is 0 Å². The number of carbonyl (C=O) groups is 1. The number of amides is 1. The minimum Gasteiger partial charge on any atom is -0.356 e. The van der Waals surface area contributed by atoms with E-state index < -0.39 is 0 Å². The molecule has 1 amide bonds. The Labute approximate surface area is 159 Å². The minimum atomic E-state index is 0.105. The molecule has 25 heavy (non-hydrogen) atoms. The predicted octanol–water partition coefficient (Wildman–Crippen LogP) is 6.16. The molecular weight excluding hydrogens is 346 g/mol. The van der Waals surface area contributed by atoms with E-state index >= 15 is 0 Å². The molecule has 0 aliphatic carbocycles. The Bertz CT molecular complexity index is 781. The molecule has 0 atom stereocenters. The monoisotopic (exact) mass is 371 g/mol. The lowest BCUT2D eigenvalue weighted by atomic mass is 10.0. The van der Waals surface area contributed by atoms with Gasteiger partial charge in [-0.15, -0.1) is 0 Å². The summed E-state index contributed by atoms with van der Waals surface area (Å²) < 4.78 is 0. The topological polar surface area (TPSA) is 29.1 Å². The molecule has 0 heterocycles. The van der Waals surface area contributed by atoms with Gasteiger partial charge in [0, 0.05) is 22.8 Å². The summed E-state index contributed by atoms with van der Waals surface area (Å²) >= 11 is 3.46. The van der Waals surface area contributed by atoms with Crippen LogP contribution in [0.1, 0.15) is 32.8 Å². The van der Waals surface area contributed by atoms with E-state index in [1.54, 1.807) is 23.5 Å². The highest BCUT2D eigenvalue weighted by molar-refractivity contribution is 8.02. The van der Waals surface area contributed by atoms with Crippen LogP contribution in [0.2, 0.25) is 0 Å². The zero-order valence-corrected chi connectivity index (χ0v) is 16.7. The van der Waals surface area contributed by atoms with E-state index in [2.05, 4.69) is 46.5 Å². The molecule has 0 aromatic heterocycles. The van der Waals surface area contributed by atoms with Crippen molar-refractivity contribution >= 4 is 40.2 Å². The van der Waals surface area contributed by atoms with Gasteiger partial charge in [0.2, 0.25) is 5.91 Å². The lowest BCUT2D eigenvalue weighted by Crippen LogP contribution is -2.24. The average molecular weight is 372 g/mol. The Morgan fingerprint density at radius 1 is 1.04 bits per heavy atom. The Balaban J connectivity index is 2.34. The third kappa shape index (κ3) is 5.98. The van der Waals surface area contributed by atoms with Crippen LogP contribution < -0.4 is 5.32 Å². The van der Waals surface area contributed by atoms with Gasteiger partial charge in [-0.2, -0.15) is 0 Å². The molecule has 0 radical (unpaired) electrons. The summed E-state index contributed by atoms with van der Waals surface area (Å²) in [6.07, 6.45) is 5.46. The van der Waals surface area contributed by atoms with Crippen LogP contribution in [0, 0.1) is 0 Å². The van der Waals surface area contributed by atoms with Crippen molar-refractivity contribution in [3.05, 3.63) is 58.9 Å². The average Bonchev–Trinajstić information content (AvgIpc) is 2.64. The van der Waals surface area contributed by atoms with Crippen LogP contribution in [-0.2, 0) is 11.2 Å². The second kappa shape index (κ2) is 10.4. The van der Waals surface area contributed by atoms with E-state index in [1.807, 2.05) is 32.9 Å². The lowest BCUT2D eigenvalue weighted by Gasteiger charge is -2.11. The number of hydrogen-bond acceptors (Lipinski definition) is 3. The lowest BCUT2D eigenvalue weighted by molar-refractivity contribution is -0.120. The van der Waals surface area contributed by atoms with Crippen molar-refractivity contribution in [3.63, 3.8) is 0 Å². The van der Waals surface area contributed by atoms with Crippen LogP contribution >= 0.6 is 23.5 Å². The number of rotatable bonds is 8. The van der Waals surface area contributed by atoms with E-state index in [1.165, 1.54) is 26.1 Å². The van der Waals surface area contributed by atoms with Crippen LogP contribution in [0.25, 0.3) is 10.8 Å². The fourth-order valence-corrected chi connectivity index (χ4v) is 3.81. The summed E-state index contributed by atoms with van der Waals surface area (Å²) in [4.78, 5) is 14.0. The van der Waals surface area contributed by atoms with Gasteiger partial charge in [0.25, 0.3) is 0 Å². The molecule has 0 aliphatic rings. The summed E-state index contributed by atoms with van der Waals surface area (Å²) in [7, 11) is 0. The molecule has 2 aromatic carbocycles. The third-order valence-electron chi connectivity index (χ3n) is 3.70. The fourth-order valence-electron chi connectivity index (χ4n) is 2.49. The summed E-state index contributed by atoms with van der Waals surface area (Å²) in [6, 6.07) is 11.1. The third-order valence-corrected chi connectivity index (χ3v) is 5.55. The van der Waals surface area contributed by atoms with Crippen molar-refractivity contribution in [2.24, 2.45) is 0 Å². The number of fused-ring (bicyclic) bond motifs is 1. The summed E-state index contributed by atoms with van der Waals surface area (Å²) in [5, 5.41) is 9.69.